The second kappa shape index (κ2) is 8.02. The minimum atomic E-state index is -8.30. The molecule has 3 nitrogen and oxygen atoms in total. The number of pyridine rings is 1. The van der Waals surface area contributed by atoms with Gasteiger partial charge in [0.15, 0.2) is 0 Å². The Bertz CT molecular complexity index is 855. The van der Waals surface area contributed by atoms with Gasteiger partial charge in [-0.3, -0.25) is 4.79 Å². The first kappa shape index (κ1) is 28.4. The molecule has 1 heterocycles. The van der Waals surface area contributed by atoms with Crippen LogP contribution in [0.5, 0.6) is 0 Å². The van der Waals surface area contributed by atoms with E-state index in [1.807, 2.05) is 0 Å². The zero-order valence-electron chi connectivity index (χ0n) is 14.1. The van der Waals surface area contributed by atoms with E-state index in [-0.39, 0.29) is 4.47 Å². The molecule has 0 unspecified atom stereocenters. The van der Waals surface area contributed by atoms with E-state index in [9.17, 15) is 66.3 Å². The number of carbonyl (C=O) groups is 1. The van der Waals surface area contributed by atoms with Crippen molar-refractivity contribution in [2.75, 3.05) is 5.32 Å². The molecule has 184 valence electrons. The van der Waals surface area contributed by atoms with Crippen LogP contribution in [0.25, 0.3) is 0 Å². The highest BCUT2D eigenvalue weighted by Crippen LogP contribution is 2.62. The lowest BCUT2D eigenvalue weighted by Gasteiger charge is -2.41. The van der Waals surface area contributed by atoms with Crippen molar-refractivity contribution in [3.8, 4) is 0 Å². The minimum Gasteiger partial charge on any atom is -0.305 e. The Morgan fingerprint density at radius 2 is 1.16 bits per heavy atom. The number of anilines is 1. The van der Waals surface area contributed by atoms with Gasteiger partial charge in [-0.25, -0.2) is 4.98 Å². The standard InChI is InChI=1S/C13H4BrClF14N2O/c14-4-1-2-5(30-3-4)31-6(32)7(16,17)8(18,19)9(20,21)10(22,23)11(24,25)12(26,27)13(15,28)29/h1-3H,(H,30,31,32). The summed E-state index contributed by atoms with van der Waals surface area (Å²) in [7, 11) is 0. The van der Waals surface area contributed by atoms with Crippen LogP contribution in [0.2, 0.25) is 0 Å². The van der Waals surface area contributed by atoms with Crippen LogP contribution in [-0.2, 0) is 4.79 Å². The quantitative estimate of drug-likeness (QED) is 0.283. The van der Waals surface area contributed by atoms with Crippen LogP contribution in [0.4, 0.5) is 67.3 Å². The number of nitrogens with one attached hydrogen (secondary N) is 1. The summed E-state index contributed by atoms with van der Waals surface area (Å²) in [5, 5.41) is -5.95. The van der Waals surface area contributed by atoms with Crippen molar-refractivity contribution in [1.29, 1.82) is 0 Å². The summed E-state index contributed by atoms with van der Waals surface area (Å²) in [4.78, 5) is 14.4. The topological polar surface area (TPSA) is 42.0 Å². The fourth-order valence-electron chi connectivity index (χ4n) is 1.75. The van der Waals surface area contributed by atoms with E-state index in [1.54, 1.807) is 0 Å². The molecule has 19 heteroatoms. The average Bonchev–Trinajstić information content (AvgIpc) is 2.61. The van der Waals surface area contributed by atoms with Crippen LogP contribution >= 0.6 is 27.5 Å². The summed E-state index contributed by atoms with van der Waals surface area (Å²) in [6.07, 6.45) is 0.740. The number of amides is 1. The van der Waals surface area contributed by atoms with Gasteiger partial charge in [0.1, 0.15) is 5.82 Å². The van der Waals surface area contributed by atoms with Crippen molar-refractivity contribution in [2.45, 2.75) is 40.9 Å². The molecule has 0 aliphatic heterocycles. The molecule has 1 aromatic rings. The highest BCUT2D eigenvalue weighted by Gasteiger charge is 2.93. The number of carbonyl (C=O) groups excluding carboxylic acids is 1. The van der Waals surface area contributed by atoms with Crippen LogP contribution < -0.4 is 5.32 Å². The smallest absolute Gasteiger partial charge is 0.305 e. The van der Waals surface area contributed by atoms with Gasteiger partial charge in [0, 0.05) is 10.7 Å². The van der Waals surface area contributed by atoms with Crippen molar-refractivity contribution < 1.29 is 66.3 Å². The Kier molecular flexibility index (Phi) is 7.13. The molecule has 1 aromatic heterocycles. The summed E-state index contributed by atoms with van der Waals surface area (Å²) in [6.45, 7) is 0. The fraction of sp³-hybridized carbons (Fsp3) is 0.538. The van der Waals surface area contributed by atoms with Crippen LogP contribution in [0.1, 0.15) is 0 Å². The number of aromatic nitrogens is 1. The van der Waals surface area contributed by atoms with Crippen molar-refractivity contribution >= 4 is 39.3 Å². The van der Waals surface area contributed by atoms with Gasteiger partial charge in [-0.05, 0) is 39.7 Å². The molecular formula is C13H4BrClF14N2O. The van der Waals surface area contributed by atoms with Crippen LogP contribution in [-0.4, -0.2) is 51.8 Å². The van der Waals surface area contributed by atoms with E-state index in [1.165, 1.54) is 0 Å². The summed E-state index contributed by atoms with van der Waals surface area (Å²) in [5.74, 6) is -51.7. The summed E-state index contributed by atoms with van der Waals surface area (Å²) >= 11 is 6.23. The molecule has 0 saturated heterocycles. The first-order valence-corrected chi connectivity index (χ1v) is 8.33. The predicted molar refractivity (Wildman–Crippen MR) is 81.0 cm³/mol. The van der Waals surface area contributed by atoms with Gasteiger partial charge >= 0.3 is 46.8 Å². The van der Waals surface area contributed by atoms with Crippen molar-refractivity contribution in [1.82, 2.24) is 4.98 Å². The van der Waals surface area contributed by atoms with Crippen molar-refractivity contribution in [3.05, 3.63) is 22.8 Å². The Balaban J connectivity index is 3.47. The zero-order valence-corrected chi connectivity index (χ0v) is 16.5. The zero-order chi connectivity index (χ0) is 25.8. The molecule has 32 heavy (non-hydrogen) atoms. The van der Waals surface area contributed by atoms with E-state index in [2.05, 4.69) is 32.5 Å². The normalized spacial score (nSPS) is 15.0. The summed E-state index contributed by atoms with van der Waals surface area (Å²) < 4.78 is 186. The molecular weight excluding hydrogens is 581 g/mol. The molecule has 0 radical (unpaired) electrons. The number of rotatable bonds is 8. The van der Waals surface area contributed by atoms with Gasteiger partial charge in [0.25, 0.3) is 0 Å². The molecule has 0 atom stereocenters. The van der Waals surface area contributed by atoms with E-state index >= 15 is 0 Å². The van der Waals surface area contributed by atoms with Gasteiger partial charge in [-0.15, -0.1) is 0 Å². The first-order valence-electron chi connectivity index (χ1n) is 7.16. The SMILES string of the molecule is O=C(Nc1ccc(Br)cn1)C(F)(F)C(F)(F)C(F)(F)C(F)(F)C(F)(F)C(F)(F)C(F)(F)Cl. The molecule has 0 fully saturated rings. The Labute approximate surface area is 180 Å². The first-order chi connectivity index (χ1) is 13.9. The predicted octanol–water partition coefficient (Wildman–Crippen LogP) is 6.43. The maximum absolute atomic E-state index is 13.7. The third-order valence-corrected chi connectivity index (χ3v) is 4.29. The third-order valence-electron chi connectivity index (χ3n) is 3.58. The molecule has 0 aromatic carbocycles. The average molecular weight is 586 g/mol. The second-order valence-electron chi connectivity index (χ2n) is 5.76. The van der Waals surface area contributed by atoms with Crippen LogP contribution in [0.3, 0.4) is 0 Å². The van der Waals surface area contributed by atoms with Gasteiger partial charge in [0.2, 0.25) is 0 Å². The van der Waals surface area contributed by atoms with E-state index < -0.39 is 52.6 Å². The maximum atomic E-state index is 13.7. The van der Waals surface area contributed by atoms with E-state index in [0.29, 0.717) is 6.07 Å². The molecule has 1 N–H and O–H groups in total. The number of nitrogens with zero attached hydrogens (tertiary/aromatic N) is 1. The largest absolute Gasteiger partial charge is 0.393 e. The molecule has 1 rings (SSSR count). The monoisotopic (exact) mass is 584 g/mol. The van der Waals surface area contributed by atoms with Crippen molar-refractivity contribution in [3.63, 3.8) is 0 Å². The van der Waals surface area contributed by atoms with Gasteiger partial charge in [0.05, 0.1) is 0 Å². The summed E-state index contributed by atoms with van der Waals surface area (Å²) in [6, 6.07) is 1.52. The highest BCUT2D eigenvalue weighted by atomic mass is 79.9. The van der Waals surface area contributed by atoms with Gasteiger partial charge in [-0.2, -0.15) is 61.5 Å². The minimum absolute atomic E-state index is 0.109. The second-order valence-corrected chi connectivity index (χ2v) is 7.15. The maximum Gasteiger partial charge on any atom is 0.393 e. The lowest BCUT2D eigenvalue weighted by Crippen LogP contribution is -2.73. The molecule has 0 bridgehead atoms. The lowest BCUT2D eigenvalue weighted by molar-refractivity contribution is -0.431. The highest BCUT2D eigenvalue weighted by molar-refractivity contribution is 9.10. The third kappa shape index (κ3) is 4.07. The number of hydrogen-bond acceptors (Lipinski definition) is 2. The van der Waals surface area contributed by atoms with E-state index in [4.69, 9.17) is 0 Å². The Morgan fingerprint density at radius 3 is 1.53 bits per heavy atom. The molecule has 0 aliphatic carbocycles. The molecule has 1 amide bonds. The van der Waals surface area contributed by atoms with Gasteiger partial charge < -0.3 is 5.32 Å². The molecule has 0 saturated carbocycles. The number of halogens is 16. The fourth-order valence-corrected chi connectivity index (χ4v) is 2.11. The lowest BCUT2D eigenvalue weighted by atomic mass is 9.91. The van der Waals surface area contributed by atoms with E-state index in [0.717, 1.165) is 17.6 Å². The molecule has 0 aliphatic rings. The van der Waals surface area contributed by atoms with Crippen LogP contribution in [0.15, 0.2) is 22.8 Å². The number of hydrogen-bond donors (Lipinski definition) is 1. The Morgan fingerprint density at radius 1 is 0.750 bits per heavy atom. The summed E-state index contributed by atoms with van der Waals surface area (Å²) in [5.41, 5.74) is 0. The molecule has 0 spiro atoms. The van der Waals surface area contributed by atoms with Crippen LogP contribution in [0, 0.1) is 0 Å². The van der Waals surface area contributed by atoms with Crippen molar-refractivity contribution in [2.24, 2.45) is 0 Å². The Hall–Kier alpha value is -1.59. The number of alkyl halides is 15. The van der Waals surface area contributed by atoms with Gasteiger partial charge in [-0.1, -0.05) is 0 Å².